The van der Waals surface area contributed by atoms with Crippen LogP contribution in [0.15, 0.2) is 279 Å². The summed E-state index contributed by atoms with van der Waals surface area (Å²) in [6.07, 6.45) is 0. The zero-order valence-corrected chi connectivity index (χ0v) is 39.3. The lowest BCUT2D eigenvalue weighted by molar-refractivity contribution is 1.18. The molecule has 4 nitrogen and oxygen atoms in total. The monoisotopic (exact) mass is 918 g/mol. The van der Waals surface area contributed by atoms with Gasteiger partial charge in [0.15, 0.2) is 11.6 Å². The van der Waals surface area contributed by atoms with Gasteiger partial charge in [-0.05, 0) is 79.9 Å². The predicted octanol–water partition coefficient (Wildman–Crippen LogP) is 17.6. The Labute approximate surface area is 420 Å². The Hall–Kier alpha value is -9.64. The van der Waals surface area contributed by atoms with E-state index < -0.39 is 0 Å². The topological polar surface area (TPSA) is 51.6 Å². The number of benzene rings is 10. The number of rotatable bonds is 11. The molecule has 0 unspecified atom stereocenters. The van der Waals surface area contributed by atoms with Crippen LogP contribution in [0.25, 0.3) is 123 Å². The van der Waals surface area contributed by atoms with Gasteiger partial charge in [0, 0.05) is 33.4 Å². The van der Waals surface area contributed by atoms with Gasteiger partial charge in [-0.2, -0.15) is 0 Å². The summed E-state index contributed by atoms with van der Waals surface area (Å²) < 4.78 is 0. The molecule has 72 heavy (non-hydrogen) atoms. The van der Waals surface area contributed by atoms with Crippen molar-refractivity contribution < 1.29 is 0 Å². The Morgan fingerprint density at radius 3 is 0.764 bits per heavy atom. The molecule has 2 heterocycles. The van der Waals surface area contributed by atoms with Crippen LogP contribution in [0.1, 0.15) is 0 Å². The Kier molecular flexibility index (Phi) is 12.0. The van der Waals surface area contributed by atoms with Gasteiger partial charge < -0.3 is 0 Å². The van der Waals surface area contributed by atoms with Crippen LogP contribution in [0.4, 0.5) is 0 Å². The molecule has 0 N–H and O–H groups in total. The largest absolute Gasteiger partial charge is 0.228 e. The Morgan fingerprint density at radius 1 is 0.153 bits per heavy atom. The molecule has 0 saturated heterocycles. The smallest absolute Gasteiger partial charge is 0.160 e. The minimum Gasteiger partial charge on any atom is -0.228 e. The zero-order valence-electron chi connectivity index (χ0n) is 39.3. The molecule has 2 aromatic heterocycles. The van der Waals surface area contributed by atoms with E-state index >= 15 is 0 Å². The van der Waals surface area contributed by atoms with E-state index in [1.54, 1.807) is 0 Å². The Bertz CT molecular complexity index is 3600. The van der Waals surface area contributed by atoms with E-state index in [1.165, 1.54) is 0 Å². The van der Waals surface area contributed by atoms with Gasteiger partial charge in [-0.1, -0.05) is 255 Å². The summed E-state index contributed by atoms with van der Waals surface area (Å²) in [5.41, 5.74) is 20.7. The van der Waals surface area contributed by atoms with Gasteiger partial charge in [-0.25, -0.2) is 19.9 Å². The highest BCUT2D eigenvalue weighted by atomic mass is 14.9. The van der Waals surface area contributed by atoms with Crippen molar-refractivity contribution in [3.05, 3.63) is 279 Å². The van der Waals surface area contributed by atoms with Gasteiger partial charge in [0.1, 0.15) is 0 Å². The fourth-order valence-electron chi connectivity index (χ4n) is 9.68. The Morgan fingerprint density at radius 2 is 0.403 bits per heavy atom. The van der Waals surface area contributed by atoms with Crippen LogP contribution in [0.3, 0.4) is 0 Å². The summed E-state index contributed by atoms with van der Waals surface area (Å²) in [5.74, 6) is 1.36. The highest BCUT2D eigenvalue weighted by Gasteiger charge is 2.19. The van der Waals surface area contributed by atoms with Gasteiger partial charge in [0.25, 0.3) is 0 Å². The molecule has 338 valence electrons. The summed E-state index contributed by atoms with van der Waals surface area (Å²) >= 11 is 0. The molecule has 0 bridgehead atoms. The van der Waals surface area contributed by atoms with Gasteiger partial charge in [0.05, 0.1) is 22.8 Å². The van der Waals surface area contributed by atoms with Crippen molar-refractivity contribution in [2.24, 2.45) is 0 Å². The van der Waals surface area contributed by atoms with E-state index in [1.807, 2.05) is 36.4 Å². The van der Waals surface area contributed by atoms with Crippen molar-refractivity contribution >= 4 is 0 Å². The summed E-state index contributed by atoms with van der Waals surface area (Å²) in [6.45, 7) is 0. The first-order valence-electron chi connectivity index (χ1n) is 24.3. The molecule has 0 aliphatic carbocycles. The molecule has 0 aliphatic rings. The van der Waals surface area contributed by atoms with Gasteiger partial charge in [-0.15, -0.1) is 0 Å². The minimum absolute atomic E-state index is 0.680. The third kappa shape index (κ3) is 8.93. The van der Waals surface area contributed by atoms with Gasteiger partial charge >= 0.3 is 0 Å². The maximum atomic E-state index is 5.25. The molecule has 0 fully saturated rings. The first kappa shape index (κ1) is 43.6. The first-order valence-corrected chi connectivity index (χ1v) is 24.3. The number of hydrogen-bond donors (Lipinski definition) is 0. The minimum atomic E-state index is 0.680. The lowest BCUT2D eigenvalue weighted by atomic mass is 9.88. The lowest BCUT2D eigenvalue weighted by Crippen LogP contribution is -1.97. The lowest BCUT2D eigenvalue weighted by Gasteiger charge is -2.17. The van der Waals surface area contributed by atoms with Crippen molar-refractivity contribution in [1.82, 2.24) is 19.9 Å². The summed E-state index contributed by atoms with van der Waals surface area (Å²) in [5, 5.41) is 0. The third-order valence-corrected chi connectivity index (χ3v) is 13.2. The molecule has 0 aliphatic heterocycles. The predicted molar refractivity (Wildman–Crippen MR) is 297 cm³/mol. The highest BCUT2D eigenvalue weighted by Crippen LogP contribution is 2.42. The number of hydrogen-bond acceptors (Lipinski definition) is 4. The van der Waals surface area contributed by atoms with E-state index in [0.29, 0.717) is 11.6 Å². The van der Waals surface area contributed by atoms with Gasteiger partial charge in [0.2, 0.25) is 0 Å². The van der Waals surface area contributed by atoms with Crippen LogP contribution >= 0.6 is 0 Å². The van der Waals surface area contributed by atoms with Crippen LogP contribution in [-0.4, -0.2) is 19.9 Å². The maximum Gasteiger partial charge on any atom is 0.160 e. The fraction of sp³-hybridized carbons (Fsp3) is 0. The third-order valence-electron chi connectivity index (χ3n) is 13.2. The van der Waals surface area contributed by atoms with Crippen LogP contribution in [0.2, 0.25) is 0 Å². The van der Waals surface area contributed by atoms with Crippen LogP contribution in [-0.2, 0) is 0 Å². The van der Waals surface area contributed by atoms with Gasteiger partial charge in [-0.3, -0.25) is 0 Å². The van der Waals surface area contributed by atoms with E-state index in [9.17, 15) is 0 Å². The fourth-order valence-corrected chi connectivity index (χ4v) is 9.68. The Balaban J connectivity index is 0.944. The highest BCUT2D eigenvalue weighted by molar-refractivity contribution is 5.94. The SMILES string of the molecule is c1ccc(-c2nc(-c3cccc(-c4ccccc4-c4ccccc4-c4cccc(-c5cc(-c6ccccc6-c6ccccc6)nc(-c6ccccc6)n5)c4)c3)cc(-c3ccccc3-c3ccccc3)n2)cc1. The average molecular weight is 919 g/mol. The molecular weight excluding hydrogens is 873 g/mol. The van der Waals surface area contributed by atoms with Crippen molar-refractivity contribution in [2.75, 3.05) is 0 Å². The van der Waals surface area contributed by atoms with Crippen molar-refractivity contribution in [3.63, 3.8) is 0 Å². The van der Waals surface area contributed by atoms with E-state index in [2.05, 4.69) is 243 Å². The second kappa shape index (κ2) is 19.8. The molecule has 0 amide bonds. The second-order valence-corrected chi connectivity index (χ2v) is 17.7. The maximum absolute atomic E-state index is 5.25. The summed E-state index contributed by atoms with van der Waals surface area (Å²) in [4.78, 5) is 20.9. The number of nitrogens with zero attached hydrogens (tertiary/aromatic N) is 4. The average Bonchev–Trinajstić information content (AvgIpc) is 3.48. The van der Waals surface area contributed by atoms with Crippen LogP contribution in [0.5, 0.6) is 0 Å². The van der Waals surface area contributed by atoms with E-state index in [4.69, 9.17) is 19.9 Å². The molecule has 0 atom stereocenters. The molecule has 0 radical (unpaired) electrons. The number of aromatic nitrogens is 4. The van der Waals surface area contributed by atoms with Crippen molar-refractivity contribution in [2.45, 2.75) is 0 Å². The molecular formula is C68H46N4. The molecule has 0 saturated carbocycles. The van der Waals surface area contributed by atoms with E-state index in [0.717, 1.165) is 112 Å². The molecule has 0 spiro atoms. The molecule has 12 aromatic rings. The first-order chi connectivity index (χ1) is 35.7. The molecule has 4 heteroatoms. The second-order valence-electron chi connectivity index (χ2n) is 17.7. The quantitative estimate of drug-likeness (QED) is 0.130. The zero-order chi connectivity index (χ0) is 48.1. The van der Waals surface area contributed by atoms with Crippen LogP contribution in [0, 0.1) is 0 Å². The summed E-state index contributed by atoms with van der Waals surface area (Å²) in [7, 11) is 0. The molecule has 12 rings (SSSR count). The van der Waals surface area contributed by atoms with Crippen molar-refractivity contribution in [3.8, 4) is 123 Å². The summed E-state index contributed by atoms with van der Waals surface area (Å²) in [6, 6.07) is 97.7. The van der Waals surface area contributed by atoms with Crippen molar-refractivity contribution in [1.29, 1.82) is 0 Å². The molecule has 10 aromatic carbocycles. The van der Waals surface area contributed by atoms with E-state index in [-0.39, 0.29) is 0 Å². The normalized spacial score (nSPS) is 11.1. The van der Waals surface area contributed by atoms with Crippen LogP contribution < -0.4 is 0 Å². The standard InChI is InChI=1S/C68H46N4/c1-5-23-47(24-6-1)55-35-15-19-41-61(55)65-45-63(69-67(71-65)49-27-9-3-10-28-49)53-33-21-31-51(43-53)57-37-13-17-39-59(57)60-40-18-14-38-58(60)52-32-22-34-54(44-52)64-46-66(72-68(70-64)50-29-11-4-12-30-50)62-42-20-16-36-56(62)48-25-7-2-8-26-48/h1-46H.